The molecule has 100 valence electrons. The summed E-state index contributed by atoms with van der Waals surface area (Å²) < 4.78 is 4.90. The highest BCUT2D eigenvalue weighted by atomic mass is 16.5. The maximum Gasteiger partial charge on any atom is 0.271 e. The average molecular weight is 252 g/mol. The molecule has 0 saturated heterocycles. The molecule has 0 aromatic carbocycles. The third-order valence-electron chi connectivity index (χ3n) is 2.25. The summed E-state index contributed by atoms with van der Waals surface area (Å²) in [5.41, 5.74) is 0.328. The number of nitrogens with one attached hydrogen (secondary N) is 2. The minimum absolute atomic E-state index is 0.208. The second kappa shape index (κ2) is 8.41. The first-order valence-corrected chi connectivity index (χ1v) is 6.11. The molecule has 0 fully saturated rings. The van der Waals surface area contributed by atoms with E-state index in [4.69, 9.17) is 4.74 Å². The Kier molecular flexibility index (Phi) is 6.71. The summed E-state index contributed by atoms with van der Waals surface area (Å²) in [6.45, 7) is 4.12. The number of ether oxygens (including phenoxy) is 1. The van der Waals surface area contributed by atoms with Crippen molar-refractivity contribution in [1.82, 2.24) is 15.3 Å². The Morgan fingerprint density at radius 2 is 2.17 bits per heavy atom. The summed E-state index contributed by atoms with van der Waals surface area (Å²) in [5.74, 6) is 0.480. The number of hydrogen-bond acceptors (Lipinski definition) is 5. The highest BCUT2D eigenvalue weighted by Gasteiger charge is 2.06. The summed E-state index contributed by atoms with van der Waals surface area (Å²) in [5, 5.41) is 5.85. The summed E-state index contributed by atoms with van der Waals surface area (Å²) in [7, 11) is 1.63. The fourth-order valence-corrected chi connectivity index (χ4v) is 1.30. The SMILES string of the molecule is CCCNc1cnc(C(=O)NCCCOC)cn1. The quantitative estimate of drug-likeness (QED) is 0.677. The molecular formula is C12H20N4O2. The Balaban J connectivity index is 2.38. The van der Waals surface area contributed by atoms with Gasteiger partial charge in [-0.25, -0.2) is 9.97 Å². The number of aromatic nitrogens is 2. The maximum atomic E-state index is 11.7. The van der Waals surface area contributed by atoms with Crippen molar-refractivity contribution >= 4 is 11.7 Å². The predicted molar refractivity (Wildman–Crippen MR) is 69.6 cm³/mol. The molecule has 1 aromatic heterocycles. The first-order chi connectivity index (χ1) is 8.77. The number of amides is 1. The van der Waals surface area contributed by atoms with Gasteiger partial charge < -0.3 is 15.4 Å². The van der Waals surface area contributed by atoms with Gasteiger partial charge in [0.1, 0.15) is 11.5 Å². The van der Waals surface area contributed by atoms with Gasteiger partial charge in [0.05, 0.1) is 12.4 Å². The number of carbonyl (C=O) groups is 1. The van der Waals surface area contributed by atoms with Gasteiger partial charge >= 0.3 is 0 Å². The van der Waals surface area contributed by atoms with Crippen LogP contribution in [-0.4, -0.2) is 42.7 Å². The summed E-state index contributed by atoms with van der Waals surface area (Å²) in [6, 6.07) is 0. The van der Waals surface area contributed by atoms with Crippen LogP contribution in [0.5, 0.6) is 0 Å². The maximum absolute atomic E-state index is 11.7. The van der Waals surface area contributed by atoms with E-state index in [-0.39, 0.29) is 5.91 Å². The largest absolute Gasteiger partial charge is 0.385 e. The Morgan fingerprint density at radius 1 is 1.33 bits per heavy atom. The first kappa shape index (κ1) is 14.4. The van der Waals surface area contributed by atoms with Crippen LogP contribution >= 0.6 is 0 Å². The highest BCUT2D eigenvalue weighted by molar-refractivity contribution is 5.91. The van der Waals surface area contributed by atoms with Gasteiger partial charge in [-0.15, -0.1) is 0 Å². The zero-order valence-electron chi connectivity index (χ0n) is 10.9. The summed E-state index contributed by atoms with van der Waals surface area (Å²) in [6.07, 6.45) is 4.85. The molecule has 0 aliphatic carbocycles. The Labute approximate surface area is 107 Å². The zero-order valence-corrected chi connectivity index (χ0v) is 10.9. The topological polar surface area (TPSA) is 76.1 Å². The predicted octanol–water partition coefficient (Wildman–Crippen LogP) is 1.06. The lowest BCUT2D eigenvalue weighted by molar-refractivity contribution is 0.0943. The number of rotatable bonds is 8. The monoisotopic (exact) mass is 252 g/mol. The van der Waals surface area contributed by atoms with E-state index in [2.05, 4.69) is 27.5 Å². The smallest absolute Gasteiger partial charge is 0.271 e. The molecule has 0 unspecified atom stereocenters. The second-order valence-corrected chi connectivity index (χ2v) is 3.82. The molecule has 18 heavy (non-hydrogen) atoms. The van der Waals surface area contributed by atoms with Crippen LogP contribution in [0.2, 0.25) is 0 Å². The standard InChI is InChI=1S/C12H20N4O2/c1-3-5-13-11-9-15-10(8-16-11)12(17)14-6-4-7-18-2/h8-9H,3-7H2,1-2H3,(H,13,16)(H,14,17). The molecule has 6 nitrogen and oxygen atoms in total. The molecule has 1 heterocycles. The zero-order chi connectivity index (χ0) is 13.2. The Bertz CT molecular complexity index is 354. The van der Waals surface area contributed by atoms with Crippen LogP contribution in [0, 0.1) is 0 Å². The van der Waals surface area contributed by atoms with Crippen molar-refractivity contribution in [3.8, 4) is 0 Å². The lowest BCUT2D eigenvalue weighted by atomic mass is 10.4. The van der Waals surface area contributed by atoms with Gasteiger partial charge in [-0.05, 0) is 12.8 Å². The molecule has 0 saturated carbocycles. The van der Waals surface area contributed by atoms with Gasteiger partial charge in [0.15, 0.2) is 0 Å². The summed E-state index contributed by atoms with van der Waals surface area (Å²) >= 11 is 0. The van der Waals surface area contributed by atoms with E-state index < -0.39 is 0 Å². The van der Waals surface area contributed by atoms with Crippen LogP contribution < -0.4 is 10.6 Å². The number of anilines is 1. The molecule has 0 radical (unpaired) electrons. The van der Waals surface area contributed by atoms with Crippen molar-refractivity contribution in [3.63, 3.8) is 0 Å². The summed E-state index contributed by atoms with van der Waals surface area (Å²) in [4.78, 5) is 19.8. The first-order valence-electron chi connectivity index (χ1n) is 6.11. The minimum atomic E-state index is -0.208. The molecule has 1 amide bonds. The highest BCUT2D eigenvalue weighted by Crippen LogP contribution is 2.01. The van der Waals surface area contributed by atoms with Gasteiger partial charge in [0, 0.05) is 26.8 Å². The van der Waals surface area contributed by atoms with Gasteiger partial charge in [0.25, 0.3) is 5.91 Å². The number of nitrogens with zero attached hydrogens (tertiary/aromatic N) is 2. The lowest BCUT2D eigenvalue weighted by Gasteiger charge is -2.05. The minimum Gasteiger partial charge on any atom is -0.385 e. The van der Waals surface area contributed by atoms with E-state index in [1.54, 1.807) is 13.3 Å². The van der Waals surface area contributed by atoms with Crippen LogP contribution in [-0.2, 0) is 4.74 Å². The van der Waals surface area contributed by atoms with Crippen molar-refractivity contribution in [2.24, 2.45) is 0 Å². The van der Waals surface area contributed by atoms with E-state index in [1.165, 1.54) is 6.20 Å². The van der Waals surface area contributed by atoms with Gasteiger partial charge in [-0.1, -0.05) is 6.92 Å². The molecule has 0 spiro atoms. The van der Waals surface area contributed by atoms with Gasteiger partial charge in [0.2, 0.25) is 0 Å². The van der Waals surface area contributed by atoms with Gasteiger partial charge in [-0.2, -0.15) is 0 Å². The molecule has 6 heteroatoms. The second-order valence-electron chi connectivity index (χ2n) is 3.82. The van der Waals surface area contributed by atoms with Crippen LogP contribution in [0.4, 0.5) is 5.82 Å². The third-order valence-corrected chi connectivity index (χ3v) is 2.25. The van der Waals surface area contributed by atoms with E-state index in [1.807, 2.05) is 0 Å². The lowest BCUT2D eigenvalue weighted by Crippen LogP contribution is -2.26. The van der Waals surface area contributed by atoms with Crippen molar-refractivity contribution in [3.05, 3.63) is 18.1 Å². The van der Waals surface area contributed by atoms with Crippen LogP contribution in [0.1, 0.15) is 30.3 Å². The Hall–Kier alpha value is -1.69. The number of methoxy groups -OCH3 is 1. The molecule has 0 aliphatic heterocycles. The van der Waals surface area contributed by atoms with E-state index in [0.717, 1.165) is 19.4 Å². The fraction of sp³-hybridized carbons (Fsp3) is 0.583. The van der Waals surface area contributed by atoms with E-state index in [9.17, 15) is 4.79 Å². The molecule has 0 aliphatic rings. The van der Waals surface area contributed by atoms with Crippen LogP contribution in [0.15, 0.2) is 12.4 Å². The molecule has 1 aromatic rings. The molecular weight excluding hydrogens is 232 g/mol. The van der Waals surface area contributed by atoms with Crippen molar-refractivity contribution in [1.29, 1.82) is 0 Å². The van der Waals surface area contributed by atoms with Gasteiger partial charge in [-0.3, -0.25) is 4.79 Å². The van der Waals surface area contributed by atoms with Crippen LogP contribution in [0.3, 0.4) is 0 Å². The normalized spacial score (nSPS) is 10.1. The van der Waals surface area contributed by atoms with Crippen molar-refractivity contribution in [2.75, 3.05) is 32.1 Å². The van der Waals surface area contributed by atoms with Crippen molar-refractivity contribution in [2.45, 2.75) is 19.8 Å². The molecule has 0 bridgehead atoms. The average Bonchev–Trinajstić information content (AvgIpc) is 2.41. The molecule has 0 atom stereocenters. The Morgan fingerprint density at radius 3 is 2.78 bits per heavy atom. The number of hydrogen-bond donors (Lipinski definition) is 2. The van der Waals surface area contributed by atoms with E-state index >= 15 is 0 Å². The molecule has 2 N–H and O–H groups in total. The third kappa shape index (κ3) is 5.09. The van der Waals surface area contributed by atoms with E-state index in [0.29, 0.717) is 24.7 Å². The van der Waals surface area contributed by atoms with Crippen LogP contribution in [0.25, 0.3) is 0 Å². The number of carbonyl (C=O) groups excluding carboxylic acids is 1. The molecule has 1 rings (SSSR count). The fourth-order valence-electron chi connectivity index (χ4n) is 1.30. The van der Waals surface area contributed by atoms with Crippen molar-refractivity contribution < 1.29 is 9.53 Å².